The molecule has 18 heteroatoms. The summed E-state index contributed by atoms with van der Waals surface area (Å²) in [4.78, 5) is 44.5. The van der Waals surface area contributed by atoms with Crippen LogP contribution in [-0.4, -0.2) is 79.4 Å². The fraction of sp³-hybridized carbons (Fsp3) is 0.280. The molecule has 6 N–H and O–H groups in total. The smallest absolute Gasteiger partial charge is 0.478 e. The Bertz CT molecular complexity index is 1530. The lowest BCUT2D eigenvalue weighted by Crippen LogP contribution is -2.54. The Morgan fingerprint density at radius 3 is 2.33 bits per heavy atom. The first-order valence-corrected chi connectivity index (χ1v) is 15.6. The van der Waals surface area contributed by atoms with E-state index in [1.807, 2.05) is 30.3 Å². The molecule has 5 rings (SSSR count). The van der Waals surface area contributed by atoms with Gasteiger partial charge in [-0.05, 0) is 23.8 Å². The van der Waals surface area contributed by atoms with Gasteiger partial charge in [-0.25, -0.2) is 18.7 Å². The lowest BCUT2D eigenvalue weighted by atomic mass is 10.1. The number of carboxylic acids is 1. The van der Waals surface area contributed by atoms with Crippen LogP contribution in [0, 0.1) is 0 Å². The second-order valence-electron chi connectivity index (χ2n) is 9.49. The van der Waals surface area contributed by atoms with Gasteiger partial charge in [0.15, 0.2) is 6.23 Å². The molecule has 1 fully saturated rings. The van der Waals surface area contributed by atoms with Gasteiger partial charge >= 0.3 is 27.6 Å². The topological polar surface area (TPSA) is 231 Å². The molecule has 7 atom stereocenters. The van der Waals surface area contributed by atoms with E-state index in [4.69, 9.17) is 19.1 Å². The minimum atomic E-state index is -5.29. The number of aromatic carboxylic acids is 1. The number of urea groups is 1. The van der Waals surface area contributed by atoms with E-state index >= 15 is 0 Å². The Balaban J connectivity index is 1.17. The molecule has 2 amide bonds. The number of carboxylic acid groups (broad SMARTS) is 1. The van der Waals surface area contributed by atoms with Crippen molar-refractivity contribution in [3.63, 3.8) is 0 Å². The lowest BCUT2D eigenvalue weighted by Gasteiger charge is -2.33. The minimum absolute atomic E-state index is 0.0348. The van der Waals surface area contributed by atoms with Gasteiger partial charge in [-0.3, -0.25) is 19.3 Å². The number of ether oxygens (including phenoxy) is 2. The molecule has 5 unspecified atom stereocenters. The molecule has 3 aliphatic rings. The van der Waals surface area contributed by atoms with Crippen LogP contribution in [0.15, 0.2) is 72.4 Å². The summed E-state index contributed by atoms with van der Waals surface area (Å²) in [6.45, 7) is -1.47. The van der Waals surface area contributed by atoms with E-state index in [1.54, 1.807) is 6.08 Å². The molecule has 0 radical (unpaired) electrons. The number of hydrogen-bond acceptors (Lipinski definition) is 11. The van der Waals surface area contributed by atoms with Crippen molar-refractivity contribution < 1.29 is 66.7 Å². The van der Waals surface area contributed by atoms with E-state index in [0.29, 0.717) is 11.3 Å². The molecule has 2 aromatic rings. The number of aliphatic hydroxyl groups is 2. The van der Waals surface area contributed by atoms with E-state index in [2.05, 4.69) is 14.2 Å². The largest absolute Gasteiger partial charge is 0.481 e. The van der Waals surface area contributed by atoms with Gasteiger partial charge in [0.2, 0.25) is 6.23 Å². The van der Waals surface area contributed by atoms with Crippen molar-refractivity contribution in [2.75, 3.05) is 6.61 Å². The van der Waals surface area contributed by atoms with Gasteiger partial charge in [-0.1, -0.05) is 42.5 Å². The third kappa shape index (κ3) is 7.22. The van der Waals surface area contributed by atoms with Gasteiger partial charge in [0.05, 0.1) is 18.8 Å². The molecule has 16 nitrogen and oxygen atoms in total. The summed E-state index contributed by atoms with van der Waals surface area (Å²) in [6.07, 6.45) is -4.01. The van der Waals surface area contributed by atoms with E-state index in [0.717, 1.165) is 10.5 Å². The second-order valence-corrected chi connectivity index (χ2v) is 12.5. The maximum Gasteiger partial charge on any atom is 0.481 e. The van der Waals surface area contributed by atoms with Crippen molar-refractivity contribution in [3.8, 4) is 0 Å². The number of fused-ring (bicyclic) bond motifs is 1. The number of nitrogens with zero attached hydrogens (tertiary/aromatic N) is 1. The number of phosphoric acid groups is 2. The molecular formula is C25H26N2O14P2. The summed E-state index contributed by atoms with van der Waals surface area (Å²) >= 11 is 0. The quantitative estimate of drug-likeness (QED) is 0.193. The SMILES string of the molecule is O=C(O)c1ccc(COP(=O)(O)OP(=O)(O)OC[C@H]2O[C@@H](N3C=C4C=C(c5ccccc5)OC4NC3=O)C(O)C2O)cc1. The number of nitrogens with one attached hydrogen (secondary N) is 1. The third-order valence-corrected chi connectivity index (χ3v) is 9.08. The van der Waals surface area contributed by atoms with Gasteiger partial charge in [0.25, 0.3) is 0 Å². The summed E-state index contributed by atoms with van der Waals surface area (Å²) in [5.74, 6) is -0.682. The van der Waals surface area contributed by atoms with Crippen molar-refractivity contribution in [1.29, 1.82) is 0 Å². The van der Waals surface area contributed by atoms with Gasteiger partial charge in [0.1, 0.15) is 24.1 Å². The van der Waals surface area contributed by atoms with Gasteiger partial charge in [-0.15, -0.1) is 0 Å². The van der Waals surface area contributed by atoms with E-state index in [1.165, 1.54) is 30.5 Å². The Morgan fingerprint density at radius 1 is 0.977 bits per heavy atom. The van der Waals surface area contributed by atoms with Gasteiger partial charge in [0, 0.05) is 17.3 Å². The van der Waals surface area contributed by atoms with Crippen LogP contribution in [0.4, 0.5) is 4.79 Å². The average Bonchev–Trinajstić information content (AvgIpc) is 3.50. The van der Waals surface area contributed by atoms with Crippen LogP contribution in [0.3, 0.4) is 0 Å². The molecular weight excluding hydrogens is 614 g/mol. The lowest BCUT2D eigenvalue weighted by molar-refractivity contribution is -0.0672. The highest BCUT2D eigenvalue weighted by Gasteiger charge is 2.49. The van der Waals surface area contributed by atoms with Crippen molar-refractivity contribution in [3.05, 3.63) is 89.1 Å². The third-order valence-electron chi connectivity index (χ3n) is 6.50. The molecule has 0 spiro atoms. The second kappa shape index (κ2) is 12.3. The van der Waals surface area contributed by atoms with Crippen molar-refractivity contribution in [2.24, 2.45) is 0 Å². The molecule has 0 aromatic heterocycles. The molecule has 2 aromatic carbocycles. The van der Waals surface area contributed by atoms with E-state index < -0.39 is 71.6 Å². The first-order chi connectivity index (χ1) is 20.3. The maximum atomic E-state index is 12.8. The number of benzene rings is 2. The number of aliphatic hydroxyl groups excluding tert-OH is 2. The van der Waals surface area contributed by atoms with Crippen LogP contribution < -0.4 is 5.32 Å². The first kappa shape index (κ1) is 31.0. The highest BCUT2D eigenvalue weighted by Crippen LogP contribution is 2.60. The van der Waals surface area contributed by atoms with Gasteiger partial charge in [-0.2, -0.15) is 4.31 Å². The minimum Gasteiger partial charge on any atom is -0.478 e. The predicted octanol–water partition coefficient (Wildman–Crippen LogP) is 1.89. The average molecular weight is 640 g/mol. The summed E-state index contributed by atoms with van der Waals surface area (Å²) in [5, 5.41) is 32.6. The zero-order chi connectivity index (χ0) is 30.9. The zero-order valence-electron chi connectivity index (χ0n) is 21.9. The number of amides is 2. The molecule has 3 aliphatic heterocycles. The normalized spacial score (nSPS) is 27.7. The van der Waals surface area contributed by atoms with Crippen LogP contribution in [0.5, 0.6) is 0 Å². The highest BCUT2D eigenvalue weighted by molar-refractivity contribution is 7.61. The number of phosphoric ester groups is 2. The Kier molecular flexibility index (Phi) is 8.88. The molecule has 0 aliphatic carbocycles. The van der Waals surface area contributed by atoms with E-state index in [9.17, 15) is 38.7 Å². The number of hydrogen-bond donors (Lipinski definition) is 6. The molecule has 3 heterocycles. The number of carbonyl (C=O) groups excluding carboxylic acids is 1. The van der Waals surface area contributed by atoms with Crippen LogP contribution in [-0.2, 0) is 38.6 Å². The summed E-state index contributed by atoms with van der Waals surface area (Å²) in [6, 6.07) is 13.4. The van der Waals surface area contributed by atoms with Crippen molar-refractivity contribution in [2.45, 2.75) is 37.4 Å². The standard InChI is InChI=1S/C25H26N2O14P2/c28-20-19(13-38-43(35,36)41-42(33,34)37-12-14-6-8-16(9-7-14)24(30)31)40-23(21(20)29)27-11-17-10-18(15-4-2-1-3-5-15)39-22(17)26-25(27)32/h1-11,19-23,28-29H,12-13H2,(H,26,32)(H,30,31)(H,33,34)(H,35,36)/t19-,20?,21?,22?,23-/m1/s1. The predicted molar refractivity (Wildman–Crippen MR) is 143 cm³/mol. The molecule has 0 bridgehead atoms. The Morgan fingerprint density at radius 2 is 1.65 bits per heavy atom. The monoisotopic (exact) mass is 640 g/mol. The molecule has 0 saturated carbocycles. The van der Waals surface area contributed by atoms with E-state index in [-0.39, 0.29) is 11.1 Å². The van der Waals surface area contributed by atoms with Crippen LogP contribution in [0.2, 0.25) is 0 Å². The number of rotatable bonds is 11. The fourth-order valence-corrected chi connectivity index (χ4v) is 6.43. The summed E-state index contributed by atoms with van der Waals surface area (Å²) in [7, 11) is -10.5. The first-order valence-electron chi connectivity index (χ1n) is 12.6. The van der Waals surface area contributed by atoms with Crippen LogP contribution in [0.1, 0.15) is 21.5 Å². The van der Waals surface area contributed by atoms with Crippen molar-refractivity contribution in [1.82, 2.24) is 10.2 Å². The van der Waals surface area contributed by atoms with Crippen LogP contribution in [0.25, 0.3) is 5.76 Å². The summed E-state index contributed by atoms with van der Waals surface area (Å²) < 4.78 is 49.5. The maximum absolute atomic E-state index is 12.8. The van der Waals surface area contributed by atoms with Crippen molar-refractivity contribution >= 4 is 33.4 Å². The van der Waals surface area contributed by atoms with Gasteiger partial charge < -0.3 is 34.6 Å². The molecule has 1 saturated heterocycles. The number of carbonyl (C=O) groups is 2. The molecule has 230 valence electrons. The molecule has 43 heavy (non-hydrogen) atoms. The fourth-order valence-electron chi connectivity index (χ4n) is 4.36. The van der Waals surface area contributed by atoms with Crippen LogP contribution >= 0.6 is 15.6 Å². The zero-order valence-corrected chi connectivity index (χ0v) is 23.7. The Hall–Kier alpha value is -3.40. The Labute approximate surface area is 243 Å². The highest BCUT2D eigenvalue weighted by atomic mass is 31.3. The summed E-state index contributed by atoms with van der Waals surface area (Å²) in [5.41, 5.74) is 1.52.